The van der Waals surface area contributed by atoms with Gasteiger partial charge in [0.05, 0.1) is 0 Å². The molecule has 0 N–H and O–H groups in total. The molecule has 1 saturated carbocycles. The highest BCUT2D eigenvalue weighted by Gasteiger charge is 2.51. The van der Waals surface area contributed by atoms with Crippen molar-refractivity contribution >= 4 is 11.6 Å². The van der Waals surface area contributed by atoms with Crippen LogP contribution in [-0.2, 0) is 4.79 Å². The number of hydrogen-bond acceptors (Lipinski definition) is 1. The van der Waals surface area contributed by atoms with E-state index >= 15 is 0 Å². The smallest absolute Gasteiger partial charge is 0.227 e. The van der Waals surface area contributed by atoms with Crippen molar-refractivity contribution in [1.82, 2.24) is 0 Å². The lowest BCUT2D eigenvalue weighted by molar-refractivity contribution is -0.117. The van der Waals surface area contributed by atoms with Gasteiger partial charge in [-0.3, -0.25) is 4.79 Å². The van der Waals surface area contributed by atoms with Crippen LogP contribution in [0.3, 0.4) is 0 Å². The van der Waals surface area contributed by atoms with Crippen LogP contribution in [0.25, 0.3) is 0 Å². The summed E-state index contributed by atoms with van der Waals surface area (Å²) < 4.78 is 0. The van der Waals surface area contributed by atoms with Crippen LogP contribution >= 0.6 is 0 Å². The largest absolute Gasteiger partial charge is 0.312 e. The molecule has 0 radical (unpaired) electrons. The number of anilines is 1. The normalized spacial score (nSPS) is 22.5. The lowest BCUT2D eigenvalue weighted by Gasteiger charge is -2.16. The van der Waals surface area contributed by atoms with Gasteiger partial charge in [-0.1, -0.05) is 12.1 Å². The van der Waals surface area contributed by atoms with E-state index in [2.05, 4.69) is 19.1 Å². The average molecular weight is 201 g/mol. The van der Waals surface area contributed by atoms with Gasteiger partial charge in [-0.15, -0.1) is 0 Å². The quantitative estimate of drug-likeness (QED) is 0.683. The predicted octanol–water partition coefficient (Wildman–Crippen LogP) is 2.51. The number of rotatable bonds is 1. The van der Waals surface area contributed by atoms with Gasteiger partial charge < -0.3 is 4.90 Å². The van der Waals surface area contributed by atoms with E-state index in [4.69, 9.17) is 0 Å². The minimum Gasteiger partial charge on any atom is -0.312 e. The van der Waals surface area contributed by atoms with Gasteiger partial charge in [-0.25, -0.2) is 0 Å². The number of nitrogens with zero attached hydrogens (tertiary/aromatic N) is 1. The maximum absolute atomic E-state index is 11.9. The van der Waals surface area contributed by atoms with Crippen molar-refractivity contribution in [3.63, 3.8) is 0 Å². The summed E-state index contributed by atoms with van der Waals surface area (Å²) in [6.07, 6.45) is 3.24. The summed E-state index contributed by atoms with van der Waals surface area (Å²) in [6.45, 7) is 3.01. The van der Waals surface area contributed by atoms with E-state index in [-0.39, 0.29) is 0 Å². The first kappa shape index (κ1) is 8.96. The van der Waals surface area contributed by atoms with Crippen LogP contribution in [0.1, 0.15) is 24.8 Å². The van der Waals surface area contributed by atoms with Gasteiger partial charge in [0.25, 0.3) is 0 Å². The fourth-order valence-corrected chi connectivity index (χ4v) is 2.44. The Labute approximate surface area is 89.9 Å². The second-order valence-electron chi connectivity index (χ2n) is 5.00. The van der Waals surface area contributed by atoms with E-state index in [1.807, 2.05) is 17.0 Å². The van der Waals surface area contributed by atoms with Crippen molar-refractivity contribution in [1.29, 1.82) is 0 Å². The molecular weight excluding hydrogens is 186 g/mol. The molecule has 0 aromatic heterocycles. The van der Waals surface area contributed by atoms with E-state index in [9.17, 15) is 4.79 Å². The molecule has 1 aromatic carbocycles. The minimum atomic E-state index is 0.304. The lowest BCUT2D eigenvalue weighted by Crippen LogP contribution is -2.24. The van der Waals surface area contributed by atoms with Crippen LogP contribution in [0, 0.1) is 12.3 Å². The van der Waals surface area contributed by atoms with Crippen molar-refractivity contribution in [2.75, 3.05) is 11.4 Å². The Bertz CT molecular complexity index is 420. The third-order valence-electron chi connectivity index (χ3n) is 3.59. The zero-order valence-electron chi connectivity index (χ0n) is 8.99. The van der Waals surface area contributed by atoms with Crippen LogP contribution in [0.5, 0.6) is 0 Å². The highest BCUT2D eigenvalue weighted by Crippen LogP contribution is 2.53. The first-order valence-corrected chi connectivity index (χ1v) is 5.56. The molecule has 15 heavy (non-hydrogen) atoms. The van der Waals surface area contributed by atoms with Crippen LogP contribution in [0.2, 0.25) is 0 Å². The monoisotopic (exact) mass is 201 g/mol. The molecule has 1 aliphatic heterocycles. The predicted molar refractivity (Wildman–Crippen MR) is 59.8 cm³/mol. The lowest BCUT2D eigenvalue weighted by atomic mass is 10.1. The van der Waals surface area contributed by atoms with E-state index < -0.39 is 0 Å². The summed E-state index contributed by atoms with van der Waals surface area (Å²) in [5.74, 6) is 0.304. The first-order valence-electron chi connectivity index (χ1n) is 5.56. The Balaban J connectivity index is 1.91. The van der Waals surface area contributed by atoms with Crippen LogP contribution in [0.4, 0.5) is 5.69 Å². The zero-order chi connectivity index (χ0) is 10.5. The average Bonchev–Trinajstić information content (AvgIpc) is 2.85. The summed E-state index contributed by atoms with van der Waals surface area (Å²) >= 11 is 0. The van der Waals surface area contributed by atoms with Gasteiger partial charge in [0, 0.05) is 18.7 Å². The van der Waals surface area contributed by atoms with Gasteiger partial charge in [-0.05, 0) is 42.9 Å². The molecule has 1 amide bonds. The van der Waals surface area contributed by atoms with Crippen molar-refractivity contribution in [3.8, 4) is 0 Å². The van der Waals surface area contributed by atoms with Crippen molar-refractivity contribution in [3.05, 3.63) is 29.8 Å². The third-order valence-corrected chi connectivity index (χ3v) is 3.59. The molecule has 78 valence electrons. The first-order chi connectivity index (χ1) is 7.19. The number of benzene rings is 1. The molecule has 2 nitrogen and oxygen atoms in total. The van der Waals surface area contributed by atoms with E-state index in [1.165, 1.54) is 18.4 Å². The second-order valence-corrected chi connectivity index (χ2v) is 5.00. The molecule has 2 fully saturated rings. The molecule has 0 atom stereocenters. The maximum Gasteiger partial charge on any atom is 0.227 e. The standard InChI is InChI=1S/C13H15NO/c1-10-3-2-4-11(7-10)14-9-13(5-6-13)8-12(14)15/h2-4,7H,5-6,8-9H2,1H3. The Kier molecular flexibility index (Phi) is 1.70. The number of hydrogen-bond donors (Lipinski definition) is 0. The topological polar surface area (TPSA) is 20.3 Å². The highest BCUT2D eigenvalue weighted by atomic mass is 16.2. The van der Waals surface area contributed by atoms with Crippen LogP contribution < -0.4 is 4.90 Å². The fourth-order valence-electron chi connectivity index (χ4n) is 2.44. The molecule has 1 spiro atoms. The maximum atomic E-state index is 11.9. The number of aryl methyl sites for hydroxylation is 1. The third kappa shape index (κ3) is 1.44. The molecule has 3 rings (SSSR count). The molecule has 1 aliphatic carbocycles. The van der Waals surface area contributed by atoms with Crippen molar-refractivity contribution in [2.24, 2.45) is 5.41 Å². The molecule has 0 bridgehead atoms. The summed E-state index contributed by atoms with van der Waals surface area (Å²) in [4.78, 5) is 13.8. The Hall–Kier alpha value is -1.31. The summed E-state index contributed by atoms with van der Waals surface area (Å²) in [6, 6.07) is 8.22. The Morgan fingerprint density at radius 1 is 1.33 bits per heavy atom. The summed E-state index contributed by atoms with van der Waals surface area (Å²) in [7, 11) is 0. The molecule has 1 aromatic rings. The molecule has 1 saturated heterocycles. The van der Waals surface area contributed by atoms with Gasteiger partial charge in [-0.2, -0.15) is 0 Å². The Morgan fingerprint density at radius 2 is 2.13 bits per heavy atom. The highest BCUT2D eigenvalue weighted by molar-refractivity contribution is 5.96. The Morgan fingerprint density at radius 3 is 2.73 bits per heavy atom. The van der Waals surface area contributed by atoms with Gasteiger partial charge in [0.2, 0.25) is 5.91 Å². The summed E-state index contributed by atoms with van der Waals surface area (Å²) in [5.41, 5.74) is 2.65. The summed E-state index contributed by atoms with van der Waals surface area (Å²) in [5, 5.41) is 0. The zero-order valence-corrected chi connectivity index (χ0v) is 8.99. The van der Waals surface area contributed by atoms with Gasteiger partial charge in [0.15, 0.2) is 0 Å². The molecule has 0 unspecified atom stereocenters. The molecular formula is C13H15NO. The van der Waals surface area contributed by atoms with Crippen LogP contribution in [-0.4, -0.2) is 12.5 Å². The molecule has 2 heteroatoms. The minimum absolute atomic E-state index is 0.304. The van der Waals surface area contributed by atoms with Crippen molar-refractivity contribution in [2.45, 2.75) is 26.2 Å². The van der Waals surface area contributed by atoms with Crippen molar-refractivity contribution < 1.29 is 4.79 Å². The van der Waals surface area contributed by atoms with E-state index in [0.29, 0.717) is 11.3 Å². The SMILES string of the molecule is Cc1cccc(N2CC3(CC3)CC2=O)c1. The molecule has 1 heterocycles. The second kappa shape index (κ2) is 2.84. The van der Waals surface area contributed by atoms with Gasteiger partial charge in [0.1, 0.15) is 0 Å². The fraction of sp³-hybridized carbons (Fsp3) is 0.462. The number of amides is 1. The van der Waals surface area contributed by atoms with Crippen LogP contribution in [0.15, 0.2) is 24.3 Å². The molecule has 2 aliphatic rings. The van der Waals surface area contributed by atoms with Gasteiger partial charge >= 0.3 is 0 Å². The van der Waals surface area contributed by atoms with E-state index in [0.717, 1.165) is 18.7 Å². The number of carbonyl (C=O) groups is 1. The number of carbonyl (C=O) groups excluding carboxylic acids is 1. The van der Waals surface area contributed by atoms with E-state index in [1.54, 1.807) is 0 Å².